The Morgan fingerprint density at radius 2 is 1.68 bits per heavy atom. The summed E-state index contributed by atoms with van der Waals surface area (Å²) in [4.78, 5) is 1.90. The quantitative estimate of drug-likeness (QED) is 0.607. The molecule has 0 amide bonds. The van der Waals surface area contributed by atoms with Crippen LogP contribution in [0.4, 0.5) is 8.78 Å². The lowest BCUT2D eigenvalue weighted by molar-refractivity contribution is 0.0302. The molecule has 31 heavy (non-hydrogen) atoms. The Balaban J connectivity index is 1.20. The number of ether oxygens (including phenoxy) is 2. The van der Waals surface area contributed by atoms with Gasteiger partial charge in [0.1, 0.15) is 24.2 Å². The second kappa shape index (κ2) is 7.77. The van der Waals surface area contributed by atoms with Crippen LogP contribution in [-0.4, -0.2) is 55.4 Å². The van der Waals surface area contributed by atoms with Crippen LogP contribution in [0.25, 0.3) is 21.9 Å². The van der Waals surface area contributed by atoms with Gasteiger partial charge in [0.25, 0.3) is 5.92 Å². The number of likely N-dealkylation sites (tertiary alicyclic amines) is 1. The Morgan fingerprint density at radius 1 is 0.968 bits per heavy atom. The third-order valence-corrected chi connectivity index (χ3v) is 6.40. The van der Waals surface area contributed by atoms with Gasteiger partial charge in [0, 0.05) is 31.5 Å². The van der Waals surface area contributed by atoms with E-state index in [2.05, 4.69) is 12.1 Å². The fourth-order valence-corrected chi connectivity index (χ4v) is 4.58. The third kappa shape index (κ3) is 3.98. The molecule has 1 aliphatic heterocycles. The Bertz CT molecular complexity index is 1090. The average molecular weight is 425 g/mol. The molecule has 2 fully saturated rings. The van der Waals surface area contributed by atoms with Crippen LogP contribution in [0.5, 0.6) is 11.5 Å². The Hall–Kier alpha value is -2.70. The van der Waals surface area contributed by atoms with Crippen molar-refractivity contribution in [3.8, 4) is 22.6 Å². The molecule has 1 N–H and O–H groups in total. The maximum absolute atomic E-state index is 13.3. The molecule has 0 spiro atoms. The van der Waals surface area contributed by atoms with E-state index in [9.17, 15) is 13.9 Å². The highest BCUT2D eigenvalue weighted by Crippen LogP contribution is 2.59. The van der Waals surface area contributed by atoms with Crippen molar-refractivity contribution in [2.24, 2.45) is 11.8 Å². The number of aliphatic hydroxyl groups is 1. The Kier molecular flexibility index (Phi) is 5.07. The first-order chi connectivity index (χ1) is 14.9. The molecule has 1 saturated heterocycles. The minimum atomic E-state index is -2.49. The first-order valence-corrected chi connectivity index (χ1v) is 10.5. The van der Waals surface area contributed by atoms with Crippen molar-refractivity contribution >= 4 is 10.8 Å². The van der Waals surface area contributed by atoms with Gasteiger partial charge in [-0.1, -0.05) is 30.3 Å². The van der Waals surface area contributed by atoms with Crippen molar-refractivity contribution in [1.82, 2.24) is 4.90 Å². The fraction of sp³-hybridized carbons (Fsp3) is 0.360. The summed E-state index contributed by atoms with van der Waals surface area (Å²) >= 11 is 0. The molecular weight excluding hydrogens is 400 g/mol. The van der Waals surface area contributed by atoms with Crippen LogP contribution in [0.3, 0.4) is 0 Å². The molecule has 4 nitrogen and oxygen atoms in total. The normalized spacial score (nSPS) is 22.8. The zero-order valence-electron chi connectivity index (χ0n) is 17.3. The van der Waals surface area contributed by atoms with Gasteiger partial charge in [-0.25, -0.2) is 8.78 Å². The van der Waals surface area contributed by atoms with E-state index in [1.165, 1.54) is 0 Å². The maximum atomic E-state index is 13.3. The molecule has 1 saturated carbocycles. The van der Waals surface area contributed by atoms with E-state index in [-0.39, 0.29) is 6.61 Å². The van der Waals surface area contributed by atoms with Crippen molar-refractivity contribution < 1.29 is 23.4 Å². The maximum Gasteiger partial charge on any atom is 0.257 e. The molecule has 3 aromatic carbocycles. The lowest BCUT2D eigenvalue weighted by Crippen LogP contribution is -2.37. The predicted molar refractivity (Wildman–Crippen MR) is 116 cm³/mol. The second-order valence-electron chi connectivity index (χ2n) is 8.53. The summed E-state index contributed by atoms with van der Waals surface area (Å²) in [6.45, 7) is 1.22. The molecule has 5 rings (SSSR count). The smallest absolute Gasteiger partial charge is 0.257 e. The molecule has 0 bridgehead atoms. The summed E-state index contributed by atoms with van der Waals surface area (Å²) in [6, 6.07) is 20.0. The minimum absolute atomic E-state index is 0.135. The van der Waals surface area contributed by atoms with Crippen molar-refractivity contribution in [3.63, 3.8) is 0 Å². The van der Waals surface area contributed by atoms with Gasteiger partial charge in [-0.3, -0.25) is 4.90 Å². The molecular formula is C25H25F2NO3. The SMILES string of the molecule is COc1cccc(-c2ccc3cc(OCC(O)CN4CC5C(C4)C5(F)F)ccc3c2)c1. The van der Waals surface area contributed by atoms with Crippen molar-refractivity contribution in [2.45, 2.75) is 12.0 Å². The highest BCUT2D eigenvalue weighted by molar-refractivity contribution is 5.88. The van der Waals surface area contributed by atoms with Crippen LogP contribution in [0.15, 0.2) is 60.7 Å². The molecule has 162 valence electrons. The first-order valence-electron chi connectivity index (χ1n) is 10.5. The number of alkyl halides is 2. The van der Waals surface area contributed by atoms with Crippen molar-refractivity contribution in [3.05, 3.63) is 60.7 Å². The number of rotatable bonds is 7. The predicted octanol–water partition coefficient (Wildman–Crippen LogP) is 4.45. The summed E-state index contributed by atoms with van der Waals surface area (Å²) in [6.07, 6.45) is -0.711. The van der Waals surface area contributed by atoms with Crippen LogP contribution in [0.2, 0.25) is 0 Å². The molecule has 1 heterocycles. The van der Waals surface area contributed by atoms with Crippen molar-refractivity contribution in [2.75, 3.05) is 33.4 Å². The van der Waals surface area contributed by atoms with Gasteiger partial charge < -0.3 is 14.6 Å². The molecule has 1 aliphatic carbocycles. The number of benzene rings is 3. The van der Waals surface area contributed by atoms with Crippen LogP contribution < -0.4 is 9.47 Å². The van der Waals surface area contributed by atoms with Gasteiger partial charge in [0.15, 0.2) is 0 Å². The van der Waals surface area contributed by atoms with Gasteiger partial charge in [-0.2, -0.15) is 0 Å². The van der Waals surface area contributed by atoms with Crippen LogP contribution in [0.1, 0.15) is 0 Å². The summed E-state index contributed by atoms with van der Waals surface area (Å²) in [5.74, 6) is -2.04. The molecule has 3 unspecified atom stereocenters. The van der Waals surface area contributed by atoms with Gasteiger partial charge in [0.2, 0.25) is 0 Å². The molecule has 3 atom stereocenters. The molecule has 0 aromatic heterocycles. The van der Waals surface area contributed by atoms with Crippen LogP contribution in [-0.2, 0) is 0 Å². The number of halogens is 2. The van der Waals surface area contributed by atoms with Crippen LogP contribution >= 0.6 is 0 Å². The van der Waals surface area contributed by atoms with Crippen LogP contribution in [0, 0.1) is 11.8 Å². The average Bonchev–Trinajstić information content (AvgIpc) is 3.10. The number of piperidine rings is 1. The molecule has 3 aromatic rings. The zero-order valence-corrected chi connectivity index (χ0v) is 17.3. The summed E-state index contributed by atoms with van der Waals surface area (Å²) in [5.41, 5.74) is 2.19. The molecule has 0 radical (unpaired) electrons. The molecule has 2 aliphatic rings. The number of fused-ring (bicyclic) bond motifs is 2. The summed E-state index contributed by atoms with van der Waals surface area (Å²) in [5, 5.41) is 12.4. The third-order valence-electron chi connectivity index (χ3n) is 6.40. The van der Waals surface area contributed by atoms with Gasteiger partial charge in [-0.15, -0.1) is 0 Å². The lowest BCUT2D eigenvalue weighted by atomic mass is 10.0. The monoisotopic (exact) mass is 425 g/mol. The number of hydrogen-bond acceptors (Lipinski definition) is 4. The van der Waals surface area contributed by atoms with E-state index in [4.69, 9.17) is 9.47 Å². The van der Waals surface area contributed by atoms with Gasteiger partial charge >= 0.3 is 0 Å². The highest BCUT2D eigenvalue weighted by atomic mass is 19.3. The van der Waals surface area contributed by atoms with E-state index in [1.807, 2.05) is 53.4 Å². The Morgan fingerprint density at radius 3 is 2.45 bits per heavy atom. The van der Waals surface area contributed by atoms with Gasteiger partial charge in [0.05, 0.1) is 7.11 Å². The number of β-amino-alcohol motifs (C(OH)–C–C–N with tert-alkyl or cyclic N) is 1. The summed E-state index contributed by atoms with van der Waals surface area (Å²) < 4.78 is 37.7. The number of aliphatic hydroxyl groups excluding tert-OH is 1. The van der Waals surface area contributed by atoms with E-state index in [0.29, 0.717) is 25.4 Å². The van der Waals surface area contributed by atoms with Gasteiger partial charge in [-0.05, 0) is 52.2 Å². The van der Waals surface area contributed by atoms with E-state index < -0.39 is 23.9 Å². The molecule has 6 heteroatoms. The van der Waals surface area contributed by atoms with Crippen molar-refractivity contribution in [1.29, 1.82) is 0 Å². The lowest BCUT2D eigenvalue weighted by Gasteiger charge is -2.22. The standard InChI is InChI=1S/C25H25F2NO3/c1-30-21-4-2-3-16(10-21)17-5-6-19-11-22(8-7-18(19)9-17)31-15-20(29)12-28-13-23-24(14-28)25(23,26)27/h2-11,20,23-24,29H,12-15H2,1H3. The minimum Gasteiger partial charge on any atom is -0.497 e. The fourth-order valence-electron chi connectivity index (χ4n) is 4.58. The largest absolute Gasteiger partial charge is 0.497 e. The Labute approximate surface area is 180 Å². The van der Waals surface area contributed by atoms with E-state index in [0.717, 1.165) is 27.6 Å². The number of nitrogens with zero attached hydrogens (tertiary/aromatic N) is 1. The topological polar surface area (TPSA) is 41.9 Å². The summed E-state index contributed by atoms with van der Waals surface area (Å²) in [7, 11) is 1.66. The zero-order chi connectivity index (χ0) is 21.6. The van der Waals surface area contributed by atoms with E-state index >= 15 is 0 Å². The first kappa shape index (κ1) is 20.2. The highest BCUT2D eigenvalue weighted by Gasteiger charge is 2.71. The number of methoxy groups -OCH3 is 1. The van der Waals surface area contributed by atoms with E-state index in [1.54, 1.807) is 7.11 Å². The number of hydrogen-bond donors (Lipinski definition) is 1. The second-order valence-corrected chi connectivity index (χ2v) is 8.53.